The summed E-state index contributed by atoms with van der Waals surface area (Å²) in [5.74, 6) is 0. The first-order valence-electron chi connectivity index (χ1n) is 4.70. The molecule has 0 aromatic heterocycles. The molecule has 0 heterocycles. The van der Waals surface area contributed by atoms with Crippen LogP contribution in [0.4, 0.5) is 0 Å². The van der Waals surface area contributed by atoms with Crippen LogP contribution in [0.15, 0.2) is 4.90 Å². The molecule has 0 aliphatic carbocycles. The Hall–Kier alpha value is 0.766. The van der Waals surface area contributed by atoms with Crippen LogP contribution < -0.4 is 51.4 Å². The normalized spacial score (nSPS) is 11.1. The van der Waals surface area contributed by atoms with Crippen LogP contribution in [0.3, 0.4) is 0 Å². The van der Waals surface area contributed by atoms with E-state index < -0.39 is 10.1 Å². The van der Waals surface area contributed by atoms with Crippen LogP contribution in [0.2, 0.25) is 0 Å². The molecule has 0 fully saturated rings. The third-order valence-corrected chi connectivity index (χ3v) is 4.29. The molecule has 0 aliphatic heterocycles. The number of rotatable bonds is 1. The first kappa shape index (κ1) is 16.8. The van der Waals surface area contributed by atoms with Crippen molar-refractivity contribution in [1.29, 1.82) is 0 Å². The van der Waals surface area contributed by atoms with Crippen molar-refractivity contribution in [1.82, 2.24) is 0 Å². The van der Waals surface area contributed by atoms with E-state index >= 15 is 0 Å². The molecule has 0 unspecified atom stereocenters. The van der Waals surface area contributed by atoms with Gasteiger partial charge in [0.25, 0.3) is 0 Å². The minimum atomic E-state index is -4.38. The molecule has 0 amide bonds. The van der Waals surface area contributed by atoms with Gasteiger partial charge in [-0.2, -0.15) is 0 Å². The average molecular weight is 266 g/mol. The largest absolute Gasteiger partial charge is 1.00 e. The van der Waals surface area contributed by atoms with Gasteiger partial charge in [0.05, 0.1) is 4.90 Å². The maximum Gasteiger partial charge on any atom is 1.00 e. The first-order valence-corrected chi connectivity index (χ1v) is 6.11. The number of benzene rings is 1. The van der Waals surface area contributed by atoms with Gasteiger partial charge in [-0.25, -0.2) is 8.42 Å². The Morgan fingerprint density at radius 3 is 1.25 bits per heavy atom. The van der Waals surface area contributed by atoms with Crippen molar-refractivity contribution in [2.75, 3.05) is 0 Å². The van der Waals surface area contributed by atoms with Crippen molar-refractivity contribution in [2.45, 2.75) is 39.5 Å². The summed E-state index contributed by atoms with van der Waals surface area (Å²) in [7, 11) is -4.38. The summed E-state index contributed by atoms with van der Waals surface area (Å²) < 4.78 is 33.4. The zero-order valence-corrected chi connectivity index (χ0v) is 14.6. The molecule has 0 bridgehead atoms. The summed E-state index contributed by atoms with van der Waals surface area (Å²) in [6, 6.07) is 0. The van der Waals surface area contributed by atoms with Crippen LogP contribution in [0, 0.1) is 34.6 Å². The summed E-state index contributed by atoms with van der Waals surface area (Å²) >= 11 is 0. The minimum Gasteiger partial charge on any atom is -0.744 e. The fourth-order valence-corrected chi connectivity index (χ4v) is 2.90. The fraction of sp³-hybridized carbons (Fsp3) is 0.455. The van der Waals surface area contributed by atoms with Crippen molar-refractivity contribution >= 4 is 10.1 Å². The Bertz CT molecular complexity index is 490. The van der Waals surface area contributed by atoms with E-state index in [0.29, 0.717) is 11.1 Å². The van der Waals surface area contributed by atoms with Crippen LogP contribution in [0.25, 0.3) is 0 Å². The molecule has 0 atom stereocenters. The molecule has 0 N–H and O–H groups in total. The Morgan fingerprint density at radius 1 is 0.750 bits per heavy atom. The summed E-state index contributed by atoms with van der Waals surface area (Å²) in [6.07, 6.45) is 0. The molecule has 0 aliphatic rings. The second-order valence-electron chi connectivity index (χ2n) is 3.91. The summed E-state index contributed by atoms with van der Waals surface area (Å²) in [6.45, 7) is 8.97. The SMILES string of the molecule is Cc1c(C)c(C)c(S(=O)(=O)[O-])c(C)c1C.[K+]. The monoisotopic (exact) mass is 266 g/mol. The molecule has 0 spiro atoms. The molecule has 1 rings (SSSR count). The van der Waals surface area contributed by atoms with E-state index in [9.17, 15) is 13.0 Å². The van der Waals surface area contributed by atoms with Crippen LogP contribution in [0.5, 0.6) is 0 Å². The molecule has 0 radical (unpaired) electrons. The van der Waals surface area contributed by atoms with Gasteiger partial charge in [0, 0.05) is 0 Å². The van der Waals surface area contributed by atoms with Gasteiger partial charge >= 0.3 is 51.4 Å². The van der Waals surface area contributed by atoms with E-state index in [1.165, 1.54) is 0 Å². The Balaban J connectivity index is 0.00000225. The zero-order valence-electron chi connectivity index (χ0n) is 10.6. The third kappa shape index (κ3) is 2.96. The van der Waals surface area contributed by atoms with Gasteiger partial charge in [-0.15, -0.1) is 0 Å². The van der Waals surface area contributed by atoms with Crippen molar-refractivity contribution < 1.29 is 64.4 Å². The van der Waals surface area contributed by atoms with E-state index in [4.69, 9.17) is 0 Å². The van der Waals surface area contributed by atoms with Crippen LogP contribution >= 0.6 is 0 Å². The van der Waals surface area contributed by atoms with Gasteiger partial charge in [0.2, 0.25) is 0 Å². The van der Waals surface area contributed by atoms with Gasteiger partial charge in [-0.3, -0.25) is 0 Å². The summed E-state index contributed by atoms with van der Waals surface area (Å²) in [4.78, 5) is -0.0527. The first-order chi connectivity index (χ1) is 6.68. The maximum atomic E-state index is 11.1. The van der Waals surface area contributed by atoms with Crippen LogP contribution in [-0.2, 0) is 10.1 Å². The van der Waals surface area contributed by atoms with Crippen molar-refractivity contribution in [2.24, 2.45) is 0 Å². The van der Waals surface area contributed by atoms with Gasteiger partial charge in [-0.05, 0) is 62.4 Å². The molecule has 1 aromatic rings. The molecular formula is C11H15KO3S. The van der Waals surface area contributed by atoms with Crippen molar-refractivity contribution in [3.8, 4) is 0 Å². The Kier molecular flexibility index (Phi) is 5.87. The number of hydrogen-bond donors (Lipinski definition) is 0. The second-order valence-corrected chi connectivity index (χ2v) is 5.22. The van der Waals surface area contributed by atoms with Crippen molar-refractivity contribution in [3.63, 3.8) is 0 Å². The smallest absolute Gasteiger partial charge is 0.744 e. The van der Waals surface area contributed by atoms with Crippen molar-refractivity contribution in [3.05, 3.63) is 27.8 Å². The molecule has 3 nitrogen and oxygen atoms in total. The van der Waals surface area contributed by atoms with E-state index in [1.807, 2.05) is 20.8 Å². The van der Waals surface area contributed by atoms with E-state index in [-0.39, 0.29) is 56.3 Å². The second kappa shape index (κ2) is 5.60. The topological polar surface area (TPSA) is 57.2 Å². The zero-order chi connectivity index (χ0) is 12.0. The van der Waals surface area contributed by atoms with Crippen LogP contribution in [-0.4, -0.2) is 13.0 Å². The fourth-order valence-electron chi connectivity index (χ4n) is 1.84. The summed E-state index contributed by atoms with van der Waals surface area (Å²) in [5, 5.41) is 0. The molecule has 5 heteroatoms. The van der Waals surface area contributed by atoms with E-state index in [2.05, 4.69) is 0 Å². The maximum absolute atomic E-state index is 11.1. The predicted molar refractivity (Wildman–Crippen MR) is 58.1 cm³/mol. The molecule has 84 valence electrons. The third-order valence-electron chi connectivity index (χ3n) is 3.18. The Morgan fingerprint density at radius 2 is 1.00 bits per heavy atom. The molecule has 0 saturated carbocycles. The van der Waals surface area contributed by atoms with Crippen LogP contribution in [0.1, 0.15) is 27.8 Å². The minimum absolute atomic E-state index is 0. The molecule has 1 aromatic carbocycles. The van der Waals surface area contributed by atoms with Gasteiger partial charge in [0.15, 0.2) is 0 Å². The average Bonchev–Trinajstić information content (AvgIpc) is 2.09. The quantitative estimate of drug-likeness (QED) is 0.491. The Labute approximate surface area is 140 Å². The number of hydrogen-bond acceptors (Lipinski definition) is 3. The van der Waals surface area contributed by atoms with Gasteiger partial charge < -0.3 is 4.55 Å². The van der Waals surface area contributed by atoms with Gasteiger partial charge in [0.1, 0.15) is 10.1 Å². The standard InChI is InChI=1S/C11H16O3S.K/c1-6-7(2)9(4)11(15(12,13)14)10(5)8(6)3;/h1-5H3,(H,12,13,14);/q;+1/p-1. The van der Waals surface area contributed by atoms with Gasteiger partial charge in [-0.1, -0.05) is 0 Å². The predicted octanol–water partition coefficient (Wildman–Crippen LogP) is -0.863. The van der Waals surface area contributed by atoms with E-state index in [1.54, 1.807) is 13.8 Å². The summed E-state index contributed by atoms with van der Waals surface area (Å²) in [5.41, 5.74) is 3.97. The van der Waals surface area contributed by atoms with E-state index in [0.717, 1.165) is 16.7 Å². The molecular weight excluding hydrogens is 251 g/mol. The molecule has 16 heavy (non-hydrogen) atoms. The molecule has 0 saturated heterocycles.